The molecule has 148 valence electrons. The number of hydrogen-bond donors (Lipinski definition) is 1. The van der Waals surface area contributed by atoms with Crippen LogP contribution in [0.2, 0.25) is 0 Å². The molecule has 1 fully saturated rings. The van der Waals surface area contributed by atoms with E-state index in [1.807, 2.05) is 13.8 Å². The summed E-state index contributed by atoms with van der Waals surface area (Å²) in [5.41, 5.74) is 2.99. The lowest BCUT2D eigenvalue weighted by molar-refractivity contribution is -0.131. The number of rotatable bonds is 5. The maximum Gasteiger partial charge on any atom is 0.246 e. The number of aromatic amines is 1. The van der Waals surface area contributed by atoms with Crippen LogP contribution in [0.3, 0.4) is 0 Å². The van der Waals surface area contributed by atoms with Crippen LogP contribution in [-0.2, 0) is 28.3 Å². The summed E-state index contributed by atoms with van der Waals surface area (Å²) in [6, 6.07) is 0. The van der Waals surface area contributed by atoms with Crippen LogP contribution in [0, 0.1) is 13.8 Å². The van der Waals surface area contributed by atoms with Gasteiger partial charge in [0.25, 0.3) is 0 Å². The first-order valence-corrected chi connectivity index (χ1v) is 10.5. The van der Waals surface area contributed by atoms with Crippen molar-refractivity contribution in [3.05, 3.63) is 29.3 Å². The van der Waals surface area contributed by atoms with Gasteiger partial charge < -0.3 is 4.90 Å². The molecule has 0 aliphatic carbocycles. The van der Waals surface area contributed by atoms with E-state index in [9.17, 15) is 13.2 Å². The summed E-state index contributed by atoms with van der Waals surface area (Å²) in [7, 11) is -1.89. The number of sulfonamides is 1. The Bertz CT molecular complexity index is 897. The average Bonchev–Trinajstić information content (AvgIpc) is 3.09. The molecule has 9 nitrogen and oxygen atoms in total. The standard InChI is InChI=1S/C17H26N6O3S/c1-13-16(14(2)20-19-13)5-6-17(24)22-7-4-8-23(10-9-22)27(25,26)15-11-18-21(3)12-15/h11-12H,4-10H2,1-3H3,(H,19,20). The van der Waals surface area contributed by atoms with E-state index in [1.165, 1.54) is 21.4 Å². The molecule has 0 saturated carbocycles. The van der Waals surface area contributed by atoms with Gasteiger partial charge in [-0.25, -0.2) is 8.42 Å². The third-order valence-corrected chi connectivity index (χ3v) is 6.85. The molecule has 0 radical (unpaired) electrons. The van der Waals surface area contributed by atoms with Gasteiger partial charge in [-0.15, -0.1) is 0 Å². The maximum atomic E-state index is 12.7. The van der Waals surface area contributed by atoms with Crippen LogP contribution in [0.4, 0.5) is 0 Å². The molecule has 0 spiro atoms. The molecule has 0 aromatic carbocycles. The van der Waals surface area contributed by atoms with Crippen LogP contribution in [-0.4, -0.2) is 69.7 Å². The number of aromatic nitrogens is 4. The van der Waals surface area contributed by atoms with Gasteiger partial charge in [0.15, 0.2) is 0 Å². The summed E-state index contributed by atoms with van der Waals surface area (Å²) in [5, 5.41) is 11.0. The summed E-state index contributed by atoms with van der Waals surface area (Å²) < 4.78 is 28.4. The Morgan fingerprint density at radius 2 is 2.00 bits per heavy atom. The lowest BCUT2D eigenvalue weighted by Crippen LogP contribution is -2.37. The van der Waals surface area contributed by atoms with Crippen molar-refractivity contribution < 1.29 is 13.2 Å². The Kier molecular flexibility index (Phi) is 5.66. The zero-order valence-electron chi connectivity index (χ0n) is 16.0. The minimum atomic E-state index is -3.57. The molecule has 2 aromatic heterocycles. The second kappa shape index (κ2) is 7.81. The van der Waals surface area contributed by atoms with Crippen molar-refractivity contribution in [2.45, 2.75) is 38.0 Å². The highest BCUT2D eigenvalue weighted by molar-refractivity contribution is 7.89. The van der Waals surface area contributed by atoms with Crippen LogP contribution in [0.25, 0.3) is 0 Å². The molecule has 10 heteroatoms. The van der Waals surface area contributed by atoms with E-state index in [0.717, 1.165) is 17.0 Å². The van der Waals surface area contributed by atoms with E-state index < -0.39 is 10.0 Å². The van der Waals surface area contributed by atoms with E-state index in [1.54, 1.807) is 11.9 Å². The molecule has 0 unspecified atom stereocenters. The quantitative estimate of drug-likeness (QED) is 0.800. The number of carbonyl (C=O) groups is 1. The molecule has 3 rings (SSSR count). The minimum Gasteiger partial charge on any atom is -0.341 e. The lowest BCUT2D eigenvalue weighted by Gasteiger charge is -2.21. The molecular formula is C17H26N6O3S. The van der Waals surface area contributed by atoms with Crippen molar-refractivity contribution in [1.82, 2.24) is 29.2 Å². The summed E-state index contributed by atoms with van der Waals surface area (Å²) in [4.78, 5) is 14.6. The summed E-state index contributed by atoms with van der Waals surface area (Å²) in [6.45, 7) is 5.56. The molecule has 3 heterocycles. The Hall–Kier alpha value is -2.20. The van der Waals surface area contributed by atoms with Gasteiger partial charge in [0.1, 0.15) is 4.90 Å². The van der Waals surface area contributed by atoms with Gasteiger partial charge in [-0.2, -0.15) is 14.5 Å². The normalized spacial score (nSPS) is 16.5. The van der Waals surface area contributed by atoms with E-state index >= 15 is 0 Å². The van der Waals surface area contributed by atoms with Crippen molar-refractivity contribution in [2.75, 3.05) is 26.2 Å². The second-order valence-electron chi connectivity index (χ2n) is 6.90. The smallest absolute Gasteiger partial charge is 0.246 e. The topological polar surface area (TPSA) is 104 Å². The van der Waals surface area contributed by atoms with Crippen LogP contribution in [0.5, 0.6) is 0 Å². The molecule has 1 N–H and O–H groups in total. The van der Waals surface area contributed by atoms with Crippen LogP contribution in [0.1, 0.15) is 29.8 Å². The van der Waals surface area contributed by atoms with Gasteiger partial charge in [0, 0.05) is 51.5 Å². The molecule has 2 aromatic rings. The predicted molar refractivity (Wildman–Crippen MR) is 99.5 cm³/mol. The highest BCUT2D eigenvalue weighted by atomic mass is 32.2. The first-order chi connectivity index (χ1) is 12.8. The zero-order chi connectivity index (χ0) is 19.6. The average molecular weight is 395 g/mol. The van der Waals surface area contributed by atoms with Crippen molar-refractivity contribution in [1.29, 1.82) is 0 Å². The molecule has 1 aliphatic heterocycles. The van der Waals surface area contributed by atoms with Gasteiger partial charge in [-0.1, -0.05) is 0 Å². The van der Waals surface area contributed by atoms with Gasteiger partial charge in [-0.05, 0) is 32.3 Å². The highest BCUT2D eigenvalue weighted by Crippen LogP contribution is 2.18. The van der Waals surface area contributed by atoms with Crippen molar-refractivity contribution >= 4 is 15.9 Å². The van der Waals surface area contributed by atoms with Gasteiger partial charge in [-0.3, -0.25) is 14.6 Å². The number of aryl methyl sites for hydroxylation is 3. The summed E-state index contributed by atoms with van der Waals surface area (Å²) in [5.74, 6) is 0.0515. The molecule has 27 heavy (non-hydrogen) atoms. The molecule has 1 saturated heterocycles. The highest BCUT2D eigenvalue weighted by Gasteiger charge is 2.29. The Balaban J connectivity index is 1.60. The van der Waals surface area contributed by atoms with E-state index in [-0.39, 0.29) is 10.8 Å². The second-order valence-corrected chi connectivity index (χ2v) is 8.84. The van der Waals surface area contributed by atoms with Crippen LogP contribution < -0.4 is 0 Å². The third-order valence-electron chi connectivity index (χ3n) is 5.00. The number of amides is 1. The van der Waals surface area contributed by atoms with Gasteiger partial charge in [0.05, 0.1) is 11.9 Å². The van der Waals surface area contributed by atoms with E-state index in [2.05, 4.69) is 15.3 Å². The van der Waals surface area contributed by atoms with Crippen molar-refractivity contribution in [3.8, 4) is 0 Å². The molecule has 1 amide bonds. The fourth-order valence-corrected chi connectivity index (χ4v) is 4.85. The number of hydrogen-bond acceptors (Lipinski definition) is 5. The Labute approximate surface area is 159 Å². The van der Waals surface area contributed by atoms with E-state index in [4.69, 9.17) is 0 Å². The molecular weight excluding hydrogens is 368 g/mol. The van der Waals surface area contributed by atoms with E-state index in [0.29, 0.717) is 45.4 Å². The fraction of sp³-hybridized carbons (Fsp3) is 0.588. The molecule has 1 aliphatic rings. The van der Waals surface area contributed by atoms with Crippen LogP contribution in [0.15, 0.2) is 17.3 Å². The monoisotopic (exact) mass is 394 g/mol. The SMILES string of the molecule is Cc1n[nH]c(C)c1CCC(=O)N1CCCN(S(=O)(=O)c2cnn(C)c2)CC1. The first kappa shape index (κ1) is 19.6. The number of nitrogens with zero attached hydrogens (tertiary/aromatic N) is 5. The predicted octanol–water partition coefficient (Wildman–Crippen LogP) is 0.616. The zero-order valence-corrected chi connectivity index (χ0v) is 16.8. The van der Waals surface area contributed by atoms with Gasteiger partial charge >= 0.3 is 0 Å². The third kappa shape index (κ3) is 4.22. The maximum absolute atomic E-state index is 12.7. The van der Waals surface area contributed by atoms with Crippen molar-refractivity contribution in [3.63, 3.8) is 0 Å². The fourth-order valence-electron chi connectivity index (χ4n) is 3.40. The number of H-pyrrole nitrogens is 1. The summed E-state index contributed by atoms with van der Waals surface area (Å²) in [6.07, 6.45) is 4.52. The number of carbonyl (C=O) groups excluding carboxylic acids is 1. The summed E-state index contributed by atoms with van der Waals surface area (Å²) >= 11 is 0. The Morgan fingerprint density at radius 1 is 1.22 bits per heavy atom. The largest absolute Gasteiger partial charge is 0.341 e. The lowest BCUT2D eigenvalue weighted by atomic mass is 10.1. The number of nitrogens with one attached hydrogen (secondary N) is 1. The molecule has 0 atom stereocenters. The Morgan fingerprint density at radius 3 is 2.63 bits per heavy atom. The van der Waals surface area contributed by atoms with Crippen molar-refractivity contribution in [2.24, 2.45) is 7.05 Å². The molecule has 0 bridgehead atoms. The first-order valence-electron chi connectivity index (χ1n) is 9.06. The van der Waals surface area contributed by atoms with Gasteiger partial charge in [0.2, 0.25) is 15.9 Å². The van der Waals surface area contributed by atoms with Crippen LogP contribution >= 0.6 is 0 Å². The minimum absolute atomic E-state index is 0.0515.